The van der Waals surface area contributed by atoms with Gasteiger partial charge in [0.25, 0.3) is 0 Å². The smallest absolute Gasteiger partial charge is 0.337 e. The molecule has 0 fully saturated rings. The lowest BCUT2D eigenvalue weighted by molar-refractivity contribution is 0.0697. The number of anilines is 1. The van der Waals surface area contributed by atoms with Crippen LogP contribution in [-0.2, 0) is 0 Å². The number of benzene rings is 1. The third-order valence-corrected chi connectivity index (χ3v) is 1.77. The Morgan fingerprint density at radius 3 is 2.80 bits per heavy atom. The summed E-state index contributed by atoms with van der Waals surface area (Å²) in [5.41, 5.74) is 6.67. The summed E-state index contributed by atoms with van der Waals surface area (Å²) in [5.74, 6) is -0.689. The molecule has 0 aliphatic heterocycles. The van der Waals surface area contributed by atoms with Gasteiger partial charge >= 0.3 is 5.97 Å². The summed E-state index contributed by atoms with van der Waals surface area (Å²) >= 11 is 0. The molecule has 0 saturated carbocycles. The van der Waals surface area contributed by atoms with Gasteiger partial charge in [0.2, 0.25) is 0 Å². The van der Waals surface area contributed by atoms with Crippen molar-refractivity contribution in [3.05, 3.63) is 35.9 Å². The van der Waals surface area contributed by atoms with Crippen molar-refractivity contribution >= 4 is 11.7 Å². The third kappa shape index (κ3) is 2.74. The van der Waals surface area contributed by atoms with Crippen LogP contribution in [0, 0.1) is 0 Å². The molecule has 0 radical (unpaired) electrons. The van der Waals surface area contributed by atoms with Crippen LogP contribution in [0.25, 0.3) is 0 Å². The third-order valence-electron chi connectivity index (χ3n) is 1.77. The van der Waals surface area contributed by atoms with Crippen molar-refractivity contribution in [2.45, 2.75) is 6.92 Å². The minimum absolute atomic E-state index is 0.0502. The molecule has 4 nitrogen and oxygen atoms in total. The van der Waals surface area contributed by atoms with Crippen molar-refractivity contribution in [2.75, 3.05) is 12.3 Å². The molecule has 0 aliphatic carbocycles. The van der Waals surface area contributed by atoms with E-state index in [4.69, 9.17) is 15.6 Å². The van der Waals surface area contributed by atoms with Crippen molar-refractivity contribution in [3.63, 3.8) is 0 Å². The molecular formula is C11H13NO3. The van der Waals surface area contributed by atoms with Crippen LogP contribution >= 0.6 is 0 Å². The molecule has 4 heteroatoms. The molecule has 3 N–H and O–H groups in total. The summed E-state index contributed by atoms with van der Waals surface area (Å²) in [6.45, 7) is 5.82. The monoisotopic (exact) mass is 207 g/mol. The topological polar surface area (TPSA) is 72.5 Å². The molecule has 0 aromatic heterocycles. The molecule has 0 unspecified atom stereocenters. The molecule has 1 aromatic rings. The Morgan fingerprint density at radius 2 is 2.27 bits per heavy atom. The van der Waals surface area contributed by atoms with Crippen molar-refractivity contribution < 1.29 is 14.6 Å². The number of carboxylic acid groups (broad SMARTS) is 1. The standard InChI is InChI=1S/C11H13NO3/c1-7(2)6-15-9-5-3-4-8(10(9)12)11(13)14/h3-5H,1,6,12H2,2H3,(H,13,14). The lowest BCUT2D eigenvalue weighted by Crippen LogP contribution is -2.06. The van der Waals surface area contributed by atoms with Crippen LogP contribution < -0.4 is 10.5 Å². The highest BCUT2D eigenvalue weighted by Crippen LogP contribution is 2.25. The van der Waals surface area contributed by atoms with E-state index in [9.17, 15) is 4.79 Å². The van der Waals surface area contributed by atoms with Crippen LogP contribution in [0.5, 0.6) is 5.75 Å². The maximum Gasteiger partial charge on any atom is 0.337 e. The quantitative estimate of drug-likeness (QED) is 0.584. The first kappa shape index (κ1) is 11.1. The molecular weight excluding hydrogens is 194 g/mol. The summed E-state index contributed by atoms with van der Waals surface area (Å²) in [5, 5.41) is 8.81. The van der Waals surface area contributed by atoms with Gasteiger partial charge in [-0.2, -0.15) is 0 Å². The molecule has 0 saturated heterocycles. The lowest BCUT2D eigenvalue weighted by atomic mass is 10.1. The second-order valence-corrected chi connectivity index (χ2v) is 3.27. The van der Waals surface area contributed by atoms with Gasteiger partial charge in [-0.05, 0) is 24.6 Å². The zero-order valence-corrected chi connectivity index (χ0v) is 8.49. The average molecular weight is 207 g/mol. The Kier molecular flexibility index (Phi) is 3.33. The molecule has 0 heterocycles. The van der Waals surface area contributed by atoms with Gasteiger partial charge in [-0.1, -0.05) is 12.6 Å². The largest absolute Gasteiger partial charge is 0.487 e. The second-order valence-electron chi connectivity index (χ2n) is 3.27. The molecule has 1 rings (SSSR count). The fourth-order valence-electron chi connectivity index (χ4n) is 1.06. The Hall–Kier alpha value is -1.97. The number of rotatable bonds is 4. The molecule has 80 valence electrons. The first-order valence-corrected chi connectivity index (χ1v) is 4.41. The van der Waals surface area contributed by atoms with E-state index in [-0.39, 0.29) is 11.3 Å². The van der Waals surface area contributed by atoms with Crippen molar-refractivity contribution in [2.24, 2.45) is 0 Å². The zero-order valence-electron chi connectivity index (χ0n) is 8.49. The molecule has 0 spiro atoms. The van der Waals surface area contributed by atoms with Gasteiger partial charge in [-0.15, -0.1) is 0 Å². The van der Waals surface area contributed by atoms with Crippen LogP contribution in [0.3, 0.4) is 0 Å². The summed E-state index contributed by atoms with van der Waals surface area (Å²) in [6, 6.07) is 4.66. The second kappa shape index (κ2) is 4.50. The van der Waals surface area contributed by atoms with E-state index in [0.29, 0.717) is 12.4 Å². The maximum absolute atomic E-state index is 10.8. The first-order valence-electron chi connectivity index (χ1n) is 4.41. The van der Waals surface area contributed by atoms with Crippen LogP contribution in [0.15, 0.2) is 30.4 Å². The predicted molar refractivity (Wildman–Crippen MR) is 58.1 cm³/mol. The Morgan fingerprint density at radius 1 is 1.60 bits per heavy atom. The van der Waals surface area contributed by atoms with E-state index >= 15 is 0 Å². The molecule has 15 heavy (non-hydrogen) atoms. The molecule has 1 aromatic carbocycles. The lowest BCUT2D eigenvalue weighted by Gasteiger charge is -2.10. The first-order chi connectivity index (χ1) is 7.02. The van der Waals surface area contributed by atoms with Crippen LogP contribution in [0.2, 0.25) is 0 Å². The van der Waals surface area contributed by atoms with Crippen LogP contribution in [0.1, 0.15) is 17.3 Å². The fourth-order valence-corrected chi connectivity index (χ4v) is 1.06. The number of hydrogen-bond donors (Lipinski definition) is 2. The van der Waals surface area contributed by atoms with Crippen LogP contribution in [0.4, 0.5) is 5.69 Å². The molecule has 0 bridgehead atoms. The highest BCUT2D eigenvalue weighted by atomic mass is 16.5. The van der Waals surface area contributed by atoms with Gasteiger partial charge in [0.05, 0.1) is 11.3 Å². The maximum atomic E-state index is 10.8. The minimum atomic E-state index is -1.06. The SMILES string of the molecule is C=C(C)COc1cccc(C(=O)O)c1N. The number of carboxylic acids is 1. The van der Waals surface area contributed by atoms with E-state index in [1.54, 1.807) is 12.1 Å². The van der Waals surface area contributed by atoms with E-state index in [1.807, 2.05) is 6.92 Å². The number of nitrogens with two attached hydrogens (primary N) is 1. The summed E-state index contributed by atoms with van der Waals surface area (Å²) in [4.78, 5) is 10.8. The number of ether oxygens (including phenoxy) is 1. The summed E-state index contributed by atoms with van der Waals surface area (Å²) in [7, 11) is 0. The summed E-state index contributed by atoms with van der Waals surface area (Å²) in [6.07, 6.45) is 0. The van der Waals surface area contributed by atoms with Gasteiger partial charge in [0.1, 0.15) is 12.4 Å². The Bertz CT molecular complexity index is 399. The van der Waals surface area contributed by atoms with Crippen LogP contribution in [-0.4, -0.2) is 17.7 Å². The van der Waals surface area contributed by atoms with Gasteiger partial charge in [-0.25, -0.2) is 4.79 Å². The predicted octanol–water partition coefficient (Wildman–Crippen LogP) is 1.92. The van der Waals surface area contributed by atoms with Gasteiger partial charge < -0.3 is 15.6 Å². The minimum Gasteiger partial charge on any atom is -0.487 e. The highest BCUT2D eigenvalue weighted by molar-refractivity contribution is 5.95. The van der Waals surface area contributed by atoms with Gasteiger partial charge in [0, 0.05) is 0 Å². The van der Waals surface area contributed by atoms with E-state index in [2.05, 4.69) is 6.58 Å². The number of carbonyl (C=O) groups is 1. The number of para-hydroxylation sites is 1. The Labute approximate surface area is 88.0 Å². The van der Waals surface area contributed by atoms with Gasteiger partial charge in [-0.3, -0.25) is 0 Å². The van der Waals surface area contributed by atoms with E-state index in [0.717, 1.165) is 5.57 Å². The number of aromatic carboxylic acids is 1. The highest BCUT2D eigenvalue weighted by Gasteiger charge is 2.11. The molecule has 0 amide bonds. The van der Waals surface area contributed by atoms with Gasteiger partial charge in [0.15, 0.2) is 0 Å². The van der Waals surface area contributed by atoms with Crippen molar-refractivity contribution in [1.29, 1.82) is 0 Å². The normalized spacial score (nSPS) is 9.67. The van der Waals surface area contributed by atoms with Crippen molar-refractivity contribution in [1.82, 2.24) is 0 Å². The number of hydrogen-bond acceptors (Lipinski definition) is 3. The zero-order chi connectivity index (χ0) is 11.4. The van der Waals surface area contributed by atoms with Crippen molar-refractivity contribution in [3.8, 4) is 5.75 Å². The molecule has 0 aliphatic rings. The number of nitrogen functional groups attached to an aromatic ring is 1. The van der Waals surface area contributed by atoms with E-state index in [1.165, 1.54) is 6.07 Å². The summed E-state index contributed by atoms with van der Waals surface area (Å²) < 4.78 is 5.30. The average Bonchev–Trinajstić information content (AvgIpc) is 2.15. The molecule has 0 atom stereocenters. The van der Waals surface area contributed by atoms with E-state index < -0.39 is 5.97 Å². The Balaban J connectivity index is 2.94. The fraction of sp³-hybridized carbons (Fsp3) is 0.182.